The first-order valence-corrected chi connectivity index (χ1v) is 7.98. The van der Waals surface area contributed by atoms with Crippen LogP contribution in [0.1, 0.15) is 25.3 Å². The van der Waals surface area contributed by atoms with Crippen molar-refractivity contribution in [2.75, 3.05) is 13.1 Å². The van der Waals surface area contributed by atoms with Crippen molar-refractivity contribution in [3.05, 3.63) is 47.8 Å². The fourth-order valence-electron chi connectivity index (χ4n) is 3.29. The fraction of sp³-hybridized carbons (Fsp3) is 0.471. The summed E-state index contributed by atoms with van der Waals surface area (Å²) in [5, 5.41) is 0. The molecule has 2 unspecified atom stereocenters. The van der Waals surface area contributed by atoms with Gasteiger partial charge in [-0.2, -0.15) is 0 Å². The van der Waals surface area contributed by atoms with Gasteiger partial charge < -0.3 is 21.3 Å². The number of allylic oxidation sites excluding steroid dienone is 1. The molecule has 2 atom stereocenters. The molecule has 1 fully saturated rings. The number of hydrogen-bond acceptors (Lipinski definition) is 5. The monoisotopic (exact) mass is 299 g/mol. The highest BCUT2D eigenvalue weighted by Crippen LogP contribution is 2.23. The Hall–Kier alpha value is -1.85. The van der Waals surface area contributed by atoms with Crippen LogP contribution in [-0.4, -0.2) is 40.9 Å². The van der Waals surface area contributed by atoms with Gasteiger partial charge in [0.25, 0.3) is 0 Å². The van der Waals surface area contributed by atoms with Crippen LogP contribution >= 0.6 is 0 Å². The maximum atomic E-state index is 6.24. The number of benzene rings is 1. The first-order chi connectivity index (χ1) is 10.7. The van der Waals surface area contributed by atoms with E-state index in [1.54, 1.807) is 0 Å². The molecule has 0 aromatic heterocycles. The van der Waals surface area contributed by atoms with E-state index in [2.05, 4.69) is 40.3 Å². The third kappa shape index (κ3) is 3.00. The average Bonchev–Trinajstić information content (AvgIpc) is 2.94. The lowest BCUT2D eigenvalue weighted by Crippen LogP contribution is -2.54. The molecule has 4 N–H and O–H groups in total. The lowest BCUT2D eigenvalue weighted by Gasteiger charge is -2.39. The lowest BCUT2D eigenvalue weighted by molar-refractivity contribution is 0.284. The molecule has 0 radical (unpaired) electrons. The molecular weight excluding hydrogens is 274 g/mol. The van der Waals surface area contributed by atoms with Crippen LogP contribution in [-0.2, 0) is 6.54 Å². The van der Waals surface area contributed by atoms with E-state index in [1.807, 2.05) is 13.0 Å². The molecule has 0 spiro atoms. The van der Waals surface area contributed by atoms with E-state index in [-0.39, 0.29) is 12.2 Å². The van der Waals surface area contributed by atoms with E-state index in [0.717, 1.165) is 37.5 Å². The van der Waals surface area contributed by atoms with E-state index < -0.39 is 0 Å². The zero-order valence-corrected chi connectivity index (χ0v) is 13.2. The smallest absolute Gasteiger partial charge is 0.130 e. The summed E-state index contributed by atoms with van der Waals surface area (Å²) >= 11 is 0. The molecule has 0 saturated carbocycles. The molecule has 1 aromatic carbocycles. The Labute approximate surface area is 132 Å². The first-order valence-electron chi connectivity index (χ1n) is 7.98. The highest BCUT2D eigenvalue weighted by Gasteiger charge is 2.33. The number of nitrogens with two attached hydrogens (primary N) is 2. The van der Waals surface area contributed by atoms with Gasteiger partial charge in [0, 0.05) is 25.8 Å². The van der Waals surface area contributed by atoms with E-state index in [1.165, 1.54) is 5.56 Å². The topological polar surface area (TPSA) is 70.9 Å². The van der Waals surface area contributed by atoms with Crippen LogP contribution in [0.15, 0.2) is 47.2 Å². The first kappa shape index (κ1) is 15.1. The second kappa shape index (κ2) is 6.50. The normalized spacial score (nSPS) is 25.2. The van der Waals surface area contributed by atoms with Crippen molar-refractivity contribution < 1.29 is 0 Å². The number of likely N-dealkylation sites (tertiary alicyclic amines) is 1. The molecule has 22 heavy (non-hydrogen) atoms. The Morgan fingerprint density at radius 2 is 2.05 bits per heavy atom. The SMILES string of the molecule is CC1=CN(Cc2ccccc2)C(CN)C(N2CCCC2N)=N1. The zero-order chi connectivity index (χ0) is 15.5. The Kier molecular flexibility index (Phi) is 4.45. The molecule has 0 bridgehead atoms. The third-order valence-electron chi connectivity index (χ3n) is 4.37. The maximum absolute atomic E-state index is 6.24. The van der Waals surface area contributed by atoms with Crippen LogP contribution in [0.25, 0.3) is 0 Å². The van der Waals surface area contributed by atoms with Crippen LogP contribution in [0.3, 0.4) is 0 Å². The summed E-state index contributed by atoms with van der Waals surface area (Å²) in [4.78, 5) is 9.28. The Balaban J connectivity index is 1.84. The van der Waals surface area contributed by atoms with Crippen molar-refractivity contribution in [2.24, 2.45) is 16.5 Å². The molecule has 1 aromatic rings. The van der Waals surface area contributed by atoms with Gasteiger partial charge >= 0.3 is 0 Å². The highest BCUT2D eigenvalue weighted by molar-refractivity contribution is 5.90. The second-order valence-electron chi connectivity index (χ2n) is 6.05. The molecule has 118 valence electrons. The number of rotatable bonds is 3. The van der Waals surface area contributed by atoms with Crippen molar-refractivity contribution in [1.82, 2.24) is 9.80 Å². The minimum Gasteiger partial charge on any atom is -0.360 e. The van der Waals surface area contributed by atoms with Crippen molar-refractivity contribution in [3.8, 4) is 0 Å². The summed E-state index contributed by atoms with van der Waals surface area (Å²) in [5.41, 5.74) is 14.6. The summed E-state index contributed by atoms with van der Waals surface area (Å²) in [6.45, 7) is 4.39. The molecule has 0 aliphatic carbocycles. The van der Waals surface area contributed by atoms with Crippen molar-refractivity contribution in [2.45, 2.75) is 38.5 Å². The van der Waals surface area contributed by atoms with Gasteiger partial charge in [-0.25, -0.2) is 4.99 Å². The van der Waals surface area contributed by atoms with Gasteiger partial charge in [-0.1, -0.05) is 30.3 Å². The number of amidine groups is 1. The van der Waals surface area contributed by atoms with Gasteiger partial charge in [-0.3, -0.25) is 0 Å². The number of hydrogen-bond donors (Lipinski definition) is 2. The Morgan fingerprint density at radius 1 is 1.27 bits per heavy atom. The predicted molar refractivity (Wildman–Crippen MR) is 89.9 cm³/mol. The summed E-state index contributed by atoms with van der Waals surface area (Å²) in [5.74, 6) is 1.03. The van der Waals surface area contributed by atoms with Crippen LogP contribution in [0, 0.1) is 0 Å². The van der Waals surface area contributed by atoms with Gasteiger partial charge in [0.15, 0.2) is 0 Å². The quantitative estimate of drug-likeness (QED) is 0.886. The van der Waals surface area contributed by atoms with Crippen LogP contribution in [0.2, 0.25) is 0 Å². The minimum absolute atomic E-state index is 0.0669. The zero-order valence-electron chi connectivity index (χ0n) is 13.2. The molecule has 1 saturated heterocycles. The summed E-state index contributed by atoms with van der Waals surface area (Å²) in [7, 11) is 0. The maximum Gasteiger partial charge on any atom is 0.130 e. The molecule has 5 heteroatoms. The van der Waals surface area contributed by atoms with Crippen LogP contribution in [0.4, 0.5) is 0 Å². The van der Waals surface area contributed by atoms with Crippen LogP contribution in [0.5, 0.6) is 0 Å². The van der Waals surface area contributed by atoms with Crippen molar-refractivity contribution in [1.29, 1.82) is 0 Å². The Bertz CT molecular complexity index is 566. The average molecular weight is 299 g/mol. The molecular formula is C17H25N5. The number of aliphatic imine (C=N–C) groups is 1. The van der Waals surface area contributed by atoms with E-state index in [0.29, 0.717) is 6.54 Å². The third-order valence-corrected chi connectivity index (χ3v) is 4.37. The van der Waals surface area contributed by atoms with Gasteiger partial charge in [0.05, 0.1) is 17.9 Å². The predicted octanol–water partition coefficient (Wildman–Crippen LogP) is 1.47. The minimum atomic E-state index is 0.0669. The fourth-order valence-corrected chi connectivity index (χ4v) is 3.29. The van der Waals surface area contributed by atoms with Gasteiger partial charge in [0.2, 0.25) is 0 Å². The van der Waals surface area contributed by atoms with E-state index in [4.69, 9.17) is 16.5 Å². The van der Waals surface area contributed by atoms with Crippen LogP contribution < -0.4 is 11.5 Å². The lowest BCUT2D eigenvalue weighted by atomic mass is 10.1. The summed E-state index contributed by atoms with van der Waals surface area (Å²) in [6, 6.07) is 10.6. The van der Waals surface area contributed by atoms with Gasteiger partial charge in [-0.15, -0.1) is 0 Å². The molecule has 0 amide bonds. The van der Waals surface area contributed by atoms with Crippen molar-refractivity contribution in [3.63, 3.8) is 0 Å². The van der Waals surface area contributed by atoms with Crippen molar-refractivity contribution >= 4 is 5.84 Å². The Morgan fingerprint density at radius 3 is 2.68 bits per heavy atom. The summed E-state index contributed by atoms with van der Waals surface area (Å²) < 4.78 is 0. The molecule has 2 aliphatic heterocycles. The van der Waals surface area contributed by atoms with E-state index >= 15 is 0 Å². The largest absolute Gasteiger partial charge is 0.360 e. The second-order valence-corrected chi connectivity index (χ2v) is 6.05. The van der Waals surface area contributed by atoms with E-state index in [9.17, 15) is 0 Å². The molecule has 3 rings (SSSR count). The highest BCUT2D eigenvalue weighted by atomic mass is 15.3. The van der Waals surface area contributed by atoms with Gasteiger partial charge in [0.1, 0.15) is 5.84 Å². The molecule has 2 heterocycles. The number of nitrogens with zero attached hydrogens (tertiary/aromatic N) is 3. The molecule has 2 aliphatic rings. The van der Waals surface area contributed by atoms with Gasteiger partial charge in [-0.05, 0) is 25.3 Å². The molecule has 5 nitrogen and oxygen atoms in total. The standard InChI is InChI=1S/C17H25N5/c1-13-11-21(12-14-6-3-2-4-7-14)15(10-18)17(20-13)22-9-5-8-16(22)19/h2-4,6-7,11,15-16H,5,8-10,12,18-19H2,1H3. The summed E-state index contributed by atoms with van der Waals surface area (Å²) in [6.07, 6.45) is 4.32.